The van der Waals surface area contributed by atoms with Gasteiger partial charge in [-0.15, -0.1) is 0 Å². The summed E-state index contributed by atoms with van der Waals surface area (Å²) in [5.41, 5.74) is 1.28. The van der Waals surface area contributed by atoms with E-state index in [4.69, 9.17) is 4.74 Å². The van der Waals surface area contributed by atoms with E-state index < -0.39 is 36.2 Å². The molecule has 1 N–H and O–H groups in total. The molecule has 252 valence electrons. The Hall–Kier alpha value is -4.41. The number of ketones is 1. The lowest BCUT2D eigenvalue weighted by molar-refractivity contribution is -0.122. The normalized spacial score (nSPS) is 18.0. The predicted molar refractivity (Wildman–Crippen MR) is 182 cm³/mol. The zero-order valence-electron chi connectivity index (χ0n) is 28.0. The second kappa shape index (κ2) is 14.6. The van der Waals surface area contributed by atoms with Crippen LogP contribution in [0.4, 0.5) is 37.1 Å². The van der Waals surface area contributed by atoms with Crippen LogP contribution in [-0.4, -0.2) is 66.5 Å². The molecule has 1 heterocycles. The van der Waals surface area contributed by atoms with E-state index in [2.05, 4.69) is 5.32 Å². The third-order valence-corrected chi connectivity index (χ3v) is 9.13. The Morgan fingerprint density at radius 3 is 2.11 bits per heavy atom. The molecule has 2 aromatic rings. The number of Topliss-reactive ketones (excluding diaryl/α,β-unsaturated/α-hetero) is 1. The van der Waals surface area contributed by atoms with Gasteiger partial charge in [-0.3, -0.25) is 24.3 Å². The van der Waals surface area contributed by atoms with Crippen molar-refractivity contribution in [3.05, 3.63) is 48.5 Å². The maximum atomic E-state index is 14.4. The van der Waals surface area contributed by atoms with Gasteiger partial charge in [0.15, 0.2) is 5.78 Å². The topological polar surface area (TPSA) is 120 Å². The lowest BCUT2D eigenvalue weighted by Crippen LogP contribution is -2.54. The molecule has 11 nitrogen and oxygen atoms in total. The summed E-state index contributed by atoms with van der Waals surface area (Å²) in [6.45, 7) is 4.63. The van der Waals surface area contributed by atoms with Crippen LogP contribution in [0.15, 0.2) is 48.5 Å². The number of hydrogen-bond donors (Lipinski definition) is 1. The van der Waals surface area contributed by atoms with Crippen molar-refractivity contribution in [2.45, 2.75) is 96.6 Å². The number of urea groups is 2. The average molecular weight is 646 g/mol. The molecular formula is C36H47N5O6. The van der Waals surface area contributed by atoms with Gasteiger partial charge in [-0.2, -0.15) is 0 Å². The highest BCUT2D eigenvalue weighted by molar-refractivity contribution is 6.16. The summed E-state index contributed by atoms with van der Waals surface area (Å²) in [7, 11) is 1.57. The average Bonchev–Trinajstić information content (AvgIpc) is 3.13. The van der Waals surface area contributed by atoms with E-state index >= 15 is 0 Å². The zero-order chi connectivity index (χ0) is 33.7. The first-order chi connectivity index (χ1) is 22.4. The first-order valence-electron chi connectivity index (χ1n) is 16.8. The highest BCUT2D eigenvalue weighted by atomic mass is 16.6. The maximum absolute atomic E-state index is 14.4. The number of hydrogen-bond acceptors (Lipinski definition) is 6. The number of fused-ring (bicyclic) bond motifs is 1. The fourth-order valence-electron chi connectivity index (χ4n) is 6.72. The van der Waals surface area contributed by atoms with Crippen LogP contribution >= 0.6 is 0 Å². The number of carbonyl (C=O) groups excluding carboxylic acids is 5. The summed E-state index contributed by atoms with van der Waals surface area (Å²) < 4.78 is 5.46. The van der Waals surface area contributed by atoms with E-state index in [-0.39, 0.29) is 24.3 Å². The fourth-order valence-corrected chi connectivity index (χ4v) is 6.72. The third-order valence-electron chi connectivity index (χ3n) is 9.13. The lowest BCUT2D eigenvalue weighted by atomic mass is 9.86. The monoisotopic (exact) mass is 645 g/mol. The van der Waals surface area contributed by atoms with Gasteiger partial charge in [-0.25, -0.2) is 19.3 Å². The molecule has 0 spiro atoms. The summed E-state index contributed by atoms with van der Waals surface area (Å²) in [6.07, 6.45) is 8.68. The molecule has 5 rings (SSSR count). The van der Waals surface area contributed by atoms with Gasteiger partial charge in [0.2, 0.25) is 5.91 Å². The van der Waals surface area contributed by atoms with Crippen molar-refractivity contribution in [1.82, 2.24) is 4.90 Å². The van der Waals surface area contributed by atoms with Crippen molar-refractivity contribution >= 4 is 52.6 Å². The van der Waals surface area contributed by atoms with Crippen molar-refractivity contribution in [1.29, 1.82) is 0 Å². The van der Waals surface area contributed by atoms with Gasteiger partial charge in [0.05, 0.1) is 17.9 Å². The van der Waals surface area contributed by atoms with E-state index in [1.165, 1.54) is 9.80 Å². The molecule has 0 unspecified atom stereocenters. The van der Waals surface area contributed by atoms with Crippen molar-refractivity contribution in [3.8, 4) is 0 Å². The number of nitrogens with zero attached hydrogens (tertiary/aromatic N) is 4. The molecule has 1 aliphatic heterocycles. The van der Waals surface area contributed by atoms with Crippen molar-refractivity contribution in [3.63, 3.8) is 0 Å². The Bertz CT molecular complexity index is 1490. The van der Waals surface area contributed by atoms with Gasteiger partial charge in [0.25, 0.3) is 0 Å². The number of para-hydroxylation sites is 2. The maximum Gasteiger partial charge on any atom is 0.414 e. The van der Waals surface area contributed by atoms with Crippen LogP contribution in [0, 0.1) is 5.92 Å². The van der Waals surface area contributed by atoms with E-state index in [1.54, 1.807) is 69.1 Å². The minimum absolute atomic E-state index is 0.0262. The number of imide groups is 1. The minimum Gasteiger partial charge on any atom is -0.443 e. The molecule has 3 aliphatic rings. The zero-order valence-corrected chi connectivity index (χ0v) is 28.0. The van der Waals surface area contributed by atoms with Crippen molar-refractivity contribution < 1.29 is 28.7 Å². The molecular weight excluding hydrogens is 598 g/mol. The third kappa shape index (κ3) is 8.12. The lowest BCUT2D eigenvalue weighted by Gasteiger charge is -2.35. The van der Waals surface area contributed by atoms with Gasteiger partial charge >= 0.3 is 18.2 Å². The van der Waals surface area contributed by atoms with E-state index in [9.17, 15) is 24.0 Å². The Morgan fingerprint density at radius 2 is 1.45 bits per heavy atom. The molecule has 0 bridgehead atoms. The molecule has 2 aliphatic carbocycles. The number of ether oxygens (including phenoxy) is 1. The highest BCUT2D eigenvalue weighted by Gasteiger charge is 2.42. The number of benzene rings is 2. The molecule has 2 fully saturated rings. The van der Waals surface area contributed by atoms with Gasteiger partial charge in [-0.1, -0.05) is 56.7 Å². The summed E-state index contributed by atoms with van der Waals surface area (Å²) in [4.78, 5) is 73.7. The molecule has 2 saturated carbocycles. The largest absolute Gasteiger partial charge is 0.443 e. The van der Waals surface area contributed by atoms with Crippen LogP contribution in [-0.2, 0) is 14.3 Å². The number of nitrogens with one attached hydrogen (secondary N) is 1. The molecule has 0 aromatic heterocycles. The Morgan fingerprint density at radius 1 is 0.809 bits per heavy atom. The second-order valence-corrected chi connectivity index (χ2v) is 13.8. The quantitative estimate of drug-likeness (QED) is 0.321. The number of amides is 6. The van der Waals surface area contributed by atoms with Crippen LogP contribution in [0.25, 0.3) is 0 Å². The smallest absolute Gasteiger partial charge is 0.414 e. The summed E-state index contributed by atoms with van der Waals surface area (Å²) in [5, 5.41) is 2.79. The van der Waals surface area contributed by atoms with Gasteiger partial charge < -0.3 is 10.1 Å². The van der Waals surface area contributed by atoms with Crippen molar-refractivity contribution in [2.24, 2.45) is 5.92 Å². The first kappa shape index (κ1) is 33.9. The molecule has 0 radical (unpaired) electrons. The number of rotatable bonds is 8. The number of anilines is 4. The summed E-state index contributed by atoms with van der Waals surface area (Å²) in [5.74, 6) is -0.737. The van der Waals surface area contributed by atoms with Crippen LogP contribution in [0.3, 0.4) is 0 Å². The SMILES string of the molecule is CN(C(=O)OC(C)(C)C)c1cccc(NC(=O)CN2C(=O)N(CC(=O)C3CCCCC3)c3ccccc3N(C3CCCCC3)C2=O)c1. The van der Waals surface area contributed by atoms with Gasteiger partial charge in [0, 0.05) is 30.4 Å². The van der Waals surface area contributed by atoms with Gasteiger partial charge in [-0.05, 0) is 76.8 Å². The van der Waals surface area contributed by atoms with E-state index in [0.717, 1.165) is 69.1 Å². The molecule has 11 heteroatoms. The minimum atomic E-state index is -0.696. The second-order valence-electron chi connectivity index (χ2n) is 13.8. The highest BCUT2D eigenvalue weighted by Crippen LogP contribution is 2.39. The molecule has 0 saturated heterocycles. The van der Waals surface area contributed by atoms with Crippen LogP contribution in [0.1, 0.15) is 85.0 Å². The summed E-state index contributed by atoms with van der Waals surface area (Å²) >= 11 is 0. The van der Waals surface area contributed by atoms with Crippen LogP contribution < -0.4 is 20.0 Å². The summed E-state index contributed by atoms with van der Waals surface area (Å²) in [6, 6.07) is 12.5. The molecule has 6 amide bonds. The standard InChI is InChI=1S/C36H47N5O6/c1-36(2,3)47-35(46)38(4)28-19-13-16-26(22-28)37-32(43)24-40-33(44)39(23-31(42)25-14-7-5-8-15-25)29-20-11-12-21-30(29)41(34(40)45)27-17-9-6-10-18-27/h11-13,16,19-22,25,27H,5-10,14-15,17-18,23-24H2,1-4H3,(H,37,43). The van der Waals surface area contributed by atoms with E-state index in [0.29, 0.717) is 22.7 Å². The molecule has 47 heavy (non-hydrogen) atoms. The van der Waals surface area contributed by atoms with Crippen molar-refractivity contribution in [2.75, 3.05) is 40.2 Å². The Labute approximate surface area is 277 Å². The molecule has 0 atom stereocenters. The van der Waals surface area contributed by atoms with Gasteiger partial charge in [0.1, 0.15) is 12.1 Å². The number of carbonyl (C=O) groups is 5. The Kier molecular flexibility index (Phi) is 10.5. The first-order valence-corrected chi connectivity index (χ1v) is 16.8. The van der Waals surface area contributed by atoms with Crippen LogP contribution in [0.2, 0.25) is 0 Å². The van der Waals surface area contributed by atoms with Crippen LogP contribution in [0.5, 0.6) is 0 Å². The predicted octanol–water partition coefficient (Wildman–Crippen LogP) is 7.35. The van der Waals surface area contributed by atoms with E-state index in [1.807, 2.05) is 12.1 Å². The Balaban J connectivity index is 1.41. The fraction of sp³-hybridized carbons (Fsp3) is 0.528. The molecule has 2 aromatic carbocycles.